The van der Waals surface area contributed by atoms with E-state index in [1.165, 1.54) is 0 Å². The van der Waals surface area contributed by atoms with Crippen molar-refractivity contribution < 1.29 is 0 Å². The molecule has 2 heteroatoms. The molecule has 0 spiro atoms. The van der Waals surface area contributed by atoms with E-state index in [0.717, 1.165) is 24.1 Å². The average molecular weight is 138 g/mol. The summed E-state index contributed by atoms with van der Waals surface area (Å²) in [7, 11) is 0. The van der Waals surface area contributed by atoms with Crippen LogP contribution in [0.1, 0.15) is 19.8 Å². The van der Waals surface area contributed by atoms with Crippen LogP contribution in [0.5, 0.6) is 0 Å². The molecular formula is C8H14N2. The van der Waals surface area contributed by atoms with Crippen LogP contribution in [0.4, 0.5) is 0 Å². The molecule has 0 bridgehead atoms. The minimum Gasteiger partial charge on any atom is -0.402 e. The van der Waals surface area contributed by atoms with Crippen LogP contribution in [0.25, 0.3) is 0 Å². The van der Waals surface area contributed by atoms with E-state index in [1.807, 2.05) is 0 Å². The first-order chi connectivity index (χ1) is 4.63. The van der Waals surface area contributed by atoms with Gasteiger partial charge in [0.15, 0.2) is 0 Å². The molecule has 4 N–H and O–H groups in total. The summed E-state index contributed by atoms with van der Waals surface area (Å²) in [5.41, 5.74) is 13.9. The Bertz CT molecular complexity index is 191. The second-order valence-electron chi connectivity index (χ2n) is 2.90. The Hall–Kier alpha value is -0.920. The van der Waals surface area contributed by atoms with Crippen LogP contribution in [-0.2, 0) is 0 Å². The second kappa shape index (κ2) is 2.37. The molecule has 0 aromatic rings. The van der Waals surface area contributed by atoms with Gasteiger partial charge in [0.1, 0.15) is 0 Å². The van der Waals surface area contributed by atoms with Gasteiger partial charge in [-0.15, -0.1) is 0 Å². The molecule has 1 atom stereocenters. The van der Waals surface area contributed by atoms with Crippen LogP contribution < -0.4 is 11.5 Å². The topological polar surface area (TPSA) is 52.0 Å². The highest BCUT2D eigenvalue weighted by atomic mass is 14.7. The van der Waals surface area contributed by atoms with E-state index in [0.29, 0.717) is 11.6 Å². The molecule has 0 fully saturated rings. The van der Waals surface area contributed by atoms with Gasteiger partial charge in [-0.2, -0.15) is 0 Å². The lowest BCUT2D eigenvalue weighted by atomic mass is 10.0. The molecule has 1 aliphatic carbocycles. The molecule has 0 aromatic heterocycles. The van der Waals surface area contributed by atoms with Gasteiger partial charge in [-0.3, -0.25) is 0 Å². The highest BCUT2D eigenvalue weighted by Crippen LogP contribution is 2.30. The van der Waals surface area contributed by atoms with Crippen LogP contribution >= 0.6 is 0 Å². The second-order valence-corrected chi connectivity index (χ2v) is 2.90. The first kappa shape index (κ1) is 7.19. The maximum Gasteiger partial charge on any atom is 0.0293 e. The predicted molar refractivity (Wildman–Crippen MR) is 42.9 cm³/mol. The largest absolute Gasteiger partial charge is 0.402 e. The third kappa shape index (κ3) is 1.01. The normalized spacial score (nSPS) is 25.5. The van der Waals surface area contributed by atoms with Crippen molar-refractivity contribution in [2.75, 3.05) is 0 Å². The van der Waals surface area contributed by atoms with Crippen molar-refractivity contribution in [1.82, 2.24) is 0 Å². The summed E-state index contributed by atoms with van der Waals surface area (Å²) >= 11 is 0. The monoisotopic (exact) mass is 138 g/mol. The fourth-order valence-corrected chi connectivity index (χ4v) is 1.49. The summed E-state index contributed by atoms with van der Waals surface area (Å²) in [5.74, 6) is 0.512. The third-order valence-corrected chi connectivity index (χ3v) is 2.03. The van der Waals surface area contributed by atoms with Gasteiger partial charge in [-0.25, -0.2) is 0 Å². The molecule has 0 saturated heterocycles. The van der Waals surface area contributed by atoms with E-state index in [-0.39, 0.29) is 0 Å². The molecule has 0 amide bonds. The van der Waals surface area contributed by atoms with E-state index < -0.39 is 0 Å². The van der Waals surface area contributed by atoms with E-state index in [1.54, 1.807) is 0 Å². The fourth-order valence-electron chi connectivity index (χ4n) is 1.49. The predicted octanol–water partition coefficient (Wildman–Crippen LogP) is 1.10. The number of allylic oxidation sites excluding steroid dienone is 2. The van der Waals surface area contributed by atoms with Crippen molar-refractivity contribution in [2.45, 2.75) is 19.8 Å². The molecule has 0 aliphatic heterocycles. The highest BCUT2D eigenvalue weighted by molar-refractivity contribution is 5.34. The quantitative estimate of drug-likeness (QED) is 0.570. The van der Waals surface area contributed by atoms with Crippen molar-refractivity contribution in [3.05, 3.63) is 23.5 Å². The lowest BCUT2D eigenvalue weighted by molar-refractivity contribution is 0.672. The van der Waals surface area contributed by atoms with Crippen molar-refractivity contribution in [2.24, 2.45) is 17.4 Å². The first-order valence-electron chi connectivity index (χ1n) is 3.56. The minimum absolute atomic E-state index is 0.512. The molecule has 0 heterocycles. The molecule has 0 aromatic carbocycles. The van der Waals surface area contributed by atoms with E-state index in [4.69, 9.17) is 11.5 Å². The molecule has 1 rings (SSSR count). The summed E-state index contributed by atoms with van der Waals surface area (Å²) < 4.78 is 0. The Kier molecular flexibility index (Phi) is 1.70. The molecule has 0 unspecified atom stereocenters. The van der Waals surface area contributed by atoms with Crippen molar-refractivity contribution in [3.8, 4) is 0 Å². The lowest BCUT2D eigenvalue weighted by Gasteiger charge is -2.07. The van der Waals surface area contributed by atoms with Crippen molar-refractivity contribution >= 4 is 0 Å². The lowest BCUT2D eigenvalue weighted by Crippen LogP contribution is -2.07. The summed E-state index contributed by atoms with van der Waals surface area (Å²) in [6, 6.07) is 0. The smallest absolute Gasteiger partial charge is 0.0293 e. The summed E-state index contributed by atoms with van der Waals surface area (Å²) in [5, 5.41) is 0. The highest BCUT2D eigenvalue weighted by Gasteiger charge is 2.20. The molecule has 0 saturated carbocycles. The van der Waals surface area contributed by atoms with Gasteiger partial charge in [0, 0.05) is 11.4 Å². The molecular weight excluding hydrogens is 124 g/mol. The Labute approximate surface area is 61.6 Å². The van der Waals surface area contributed by atoms with Crippen LogP contribution in [0.3, 0.4) is 0 Å². The third-order valence-electron chi connectivity index (χ3n) is 2.03. The van der Waals surface area contributed by atoms with E-state index in [2.05, 4.69) is 13.5 Å². The van der Waals surface area contributed by atoms with Gasteiger partial charge in [-0.05, 0) is 24.3 Å². The molecule has 56 valence electrons. The zero-order valence-electron chi connectivity index (χ0n) is 6.35. The van der Waals surface area contributed by atoms with Crippen molar-refractivity contribution in [1.29, 1.82) is 0 Å². The van der Waals surface area contributed by atoms with E-state index >= 15 is 0 Å². The van der Waals surface area contributed by atoms with Gasteiger partial charge < -0.3 is 11.5 Å². The number of nitrogens with two attached hydrogens (primary N) is 2. The zero-order chi connectivity index (χ0) is 7.72. The fraction of sp³-hybridized carbons (Fsp3) is 0.500. The standard InChI is InChI=1S/C8H14N2/c1-5-3-4-7(10)8(5)6(2)9/h5H,2-4,9-10H2,1H3/t5-/m1/s1. The number of rotatable bonds is 1. The zero-order valence-corrected chi connectivity index (χ0v) is 6.35. The van der Waals surface area contributed by atoms with Crippen LogP contribution in [0.2, 0.25) is 0 Å². The molecule has 10 heavy (non-hydrogen) atoms. The van der Waals surface area contributed by atoms with Gasteiger partial charge in [0.2, 0.25) is 0 Å². The Morgan fingerprint density at radius 2 is 2.30 bits per heavy atom. The van der Waals surface area contributed by atoms with Crippen LogP contribution in [-0.4, -0.2) is 0 Å². The maximum atomic E-state index is 5.71. The van der Waals surface area contributed by atoms with E-state index in [9.17, 15) is 0 Å². The van der Waals surface area contributed by atoms with Crippen LogP contribution in [0.15, 0.2) is 23.5 Å². The van der Waals surface area contributed by atoms with Crippen molar-refractivity contribution in [3.63, 3.8) is 0 Å². The molecule has 1 aliphatic rings. The maximum absolute atomic E-state index is 5.71. The molecule has 0 radical (unpaired) electrons. The van der Waals surface area contributed by atoms with Gasteiger partial charge in [0.05, 0.1) is 0 Å². The Morgan fingerprint density at radius 3 is 2.50 bits per heavy atom. The number of hydrogen-bond acceptors (Lipinski definition) is 2. The SMILES string of the molecule is C=C(N)C1=C(N)CC[C@H]1C. The van der Waals surface area contributed by atoms with Gasteiger partial charge in [-0.1, -0.05) is 13.5 Å². The van der Waals surface area contributed by atoms with Gasteiger partial charge in [0.25, 0.3) is 0 Å². The summed E-state index contributed by atoms with van der Waals surface area (Å²) in [6.45, 7) is 5.81. The summed E-state index contributed by atoms with van der Waals surface area (Å²) in [6.07, 6.45) is 2.10. The summed E-state index contributed by atoms with van der Waals surface area (Å²) in [4.78, 5) is 0. The molecule has 2 nitrogen and oxygen atoms in total. The van der Waals surface area contributed by atoms with Crippen LogP contribution in [0, 0.1) is 5.92 Å². The average Bonchev–Trinajstić information content (AvgIpc) is 2.11. The van der Waals surface area contributed by atoms with Gasteiger partial charge >= 0.3 is 0 Å². The Balaban J connectivity index is 2.88. The Morgan fingerprint density at radius 1 is 1.70 bits per heavy atom. The first-order valence-corrected chi connectivity index (χ1v) is 3.56. The minimum atomic E-state index is 0.512. The number of hydrogen-bond donors (Lipinski definition) is 2.